The zero-order valence-electron chi connectivity index (χ0n) is 15.4. The number of hydrogen-bond donors (Lipinski definition) is 2. The molecule has 2 aromatic rings. The first-order valence-corrected chi connectivity index (χ1v) is 9.46. The van der Waals surface area contributed by atoms with E-state index in [4.69, 9.17) is 27.9 Å². The molecular weight excluding hydrogens is 419 g/mol. The fourth-order valence-electron chi connectivity index (χ4n) is 2.95. The Kier molecular flexibility index (Phi) is 6.56. The molecule has 0 aliphatic carbocycles. The van der Waals surface area contributed by atoms with Crippen LogP contribution in [-0.2, 0) is 16.0 Å². The molecule has 0 bridgehead atoms. The highest BCUT2D eigenvalue weighted by Gasteiger charge is 2.34. The van der Waals surface area contributed by atoms with E-state index < -0.39 is 23.8 Å². The van der Waals surface area contributed by atoms with Gasteiger partial charge in [0.2, 0.25) is 11.8 Å². The normalized spacial score (nSPS) is 16.8. The van der Waals surface area contributed by atoms with Gasteiger partial charge in [0.25, 0.3) is 0 Å². The van der Waals surface area contributed by atoms with Crippen LogP contribution >= 0.6 is 23.2 Å². The van der Waals surface area contributed by atoms with Crippen LogP contribution in [0.3, 0.4) is 0 Å². The van der Waals surface area contributed by atoms with Gasteiger partial charge < -0.3 is 10.1 Å². The Morgan fingerprint density at radius 1 is 1.28 bits per heavy atom. The maximum Gasteiger partial charge on any atom is 0.330 e. The van der Waals surface area contributed by atoms with Crippen molar-refractivity contribution in [1.29, 1.82) is 0 Å². The summed E-state index contributed by atoms with van der Waals surface area (Å²) in [5.74, 6) is -0.809. The number of hydrogen-bond acceptors (Lipinski definition) is 5. The van der Waals surface area contributed by atoms with E-state index in [1.165, 1.54) is 19.4 Å². The number of benzene rings is 1. The zero-order chi connectivity index (χ0) is 21.0. The highest BCUT2D eigenvalue weighted by atomic mass is 35.5. The third-order valence-corrected chi connectivity index (χ3v) is 4.84. The van der Waals surface area contributed by atoms with E-state index in [2.05, 4.69) is 15.6 Å². The standard InChI is InChI=1S/C19H18Cl2N4O4/c1-29-15-4-2-13(20)7-11(15)6-12-8-23-17(26)10-25(18(12)27)19(28)24-16-5-3-14(21)9-22-16/h2-5,7,9,12H,6,8,10H2,1H3,(H,23,26)(H,22,24,28). The Balaban J connectivity index is 1.80. The number of carbonyl (C=O) groups is 3. The summed E-state index contributed by atoms with van der Waals surface area (Å²) in [4.78, 5) is 42.5. The van der Waals surface area contributed by atoms with Crippen molar-refractivity contribution in [2.75, 3.05) is 25.5 Å². The molecule has 1 aliphatic rings. The van der Waals surface area contributed by atoms with Crippen LogP contribution in [0.15, 0.2) is 36.5 Å². The smallest absolute Gasteiger partial charge is 0.330 e. The predicted octanol–water partition coefficient (Wildman–Crippen LogP) is 2.75. The lowest BCUT2D eigenvalue weighted by Gasteiger charge is -2.22. The van der Waals surface area contributed by atoms with Gasteiger partial charge in [0.1, 0.15) is 18.1 Å². The Morgan fingerprint density at radius 2 is 2.03 bits per heavy atom. The van der Waals surface area contributed by atoms with Gasteiger partial charge in [-0.3, -0.25) is 19.8 Å². The number of pyridine rings is 1. The van der Waals surface area contributed by atoms with E-state index in [1.54, 1.807) is 24.3 Å². The fraction of sp³-hybridized carbons (Fsp3) is 0.263. The second-order valence-corrected chi connectivity index (χ2v) is 7.25. The highest BCUT2D eigenvalue weighted by Crippen LogP contribution is 2.26. The number of methoxy groups -OCH3 is 1. The second-order valence-electron chi connectivity index (χ2n) is 6.38. The largest absolute Gasteiger partial charge is 0.496 e. The van der Waals surface area contributed by atoms with Gasteiger partial charge in [-0.15, -0.1) is 0 Å². The molecule has 0 spiro atoms. The molecule has 3 rings (SSSR count). The summed E-state index contributed by atoms with van der Waals surface area (Å²) in [7, 11) is 1.52. The van der Waals surface area contributed by atoms with Gasteiger partial charge in [-0.1, -0.05) is 23.2 Å². The van der Waals surface area contributed by atoms with Gasteiger partial charge in [-0.05, 0) is 42.3 Å². The van der Waals surface area contributed by atoms with Crippen LogP contribution in [0, 0.1) is 5.92 Å². The van der Waals surface area contributed by atoms with Crippen molar-refractivity contribution >= 4 is 46.9 Å². The summed E-state index contributed by atoms with van der Waals surface area (Å²) in [6.45, 7) is -0.294. The third-order valence-electron chi connectivity index (χ3n) is 4.38. The molecule has 2 N–H and O–H groups in total. The van der Waals surface area contributed by atoms with E-state index in [0.717, 1.165) is 4.90 Å². The molecule has 2 heterocycles. The summed E-state index contributed by atoms with van der Waals surface area (Å²) in [5, 5.41) is 6.07. The Morgan fingerprint density at radius 3 is 2.72 bits per heavy atom. The third kappa shape index (κ3) is 5.16. The van der Waals surface area contributed by atoms with Crippen LogP contribution in [0.1, 0.15) is 5.56 Å². The second kappa shape index (κ2) is 9.11. The molecular formula is C19H18Cl2N4O4. The molecule has 10 heteroatoms. The molecule has 4 amide bonds. The van der Waals surface area contributed by atoms with Gasteiger partial charge in [0, 0.05) is 17.8 Å². The number of urea groups is 1. The zero-order valence-corrected chi connectivity index (χ0v) is 17.0. The summed E-state index contributed by atoms with van der Waals surface area (Å²) in [6.07, 6.45) is 1.61. The lowest BCUT2D eigenvalue weighted by Crippen LogP contribution is -2.45. The number of amides is 4. The van der Waals surface area contributed by atoms with E-state index in [1.807, 2.05) is 0 Å². The number of nitrogens with zero attached hydrogens (tertiary/aromatic N) is 2. The van der Waals surface area contributed by atoms with Crippen LogP contribution in [0.2, 0.25) is 10.0 Å². The van der Waals surface area contributed by atoms with Crippen molar-refractivity contribution in [2.24, 2.45) is 5.92 Å². The van der Waals surface area contributed by atoms with Crippen LogP contribution in [-0.4, -0.2) is 47.9 Å². The van der Waals surface area contributed by atoms with E-state index in [9.17, 15) is 14.4 Å². The SMILES string of the molecule is COc1ccc(Cl)cc1CC1CNC(=O)CN(C(=O)Nc2ccc(Cl)cn2)C1=O. The van der Waals surface area contributed by atoms with Crippen LogP contribution in [0.25, 0.3) is 0 Å². The minimum absolute atomic E-state index is 0.0936. The summed E-state index contributed by atoms with van der Waals surface area (Å²) >= 11 is 11.8. The summed E-state index contributed by atoms with van der Waals surface area (Å²) in [6, 6.07) is 7.38. The minimum Gasteiger partial charge on any atom is -0.496 e. The van der Waals surface area contributed by atoms with Gasteiger partial charge in [0.05, 0.1) is 18.1 Å². The van der Waals surface area contributed by atoms with Crippen LogP contribution < -0.4 is 15.4 Å². The first-order valence-electron chi connectivity index (χ1n) is 8.70. The first-order chi connectivity index (χ1) is 13.9. The fourth-order valence-corrected chi connectivity index (χ4v) is 3.26. The monoisotopic (exact) mass is 436 g/mol. The van der Waals surface area contributed by atoms with Gasteiger partial charge >= 0.3 is 6.03 Å². The van der Waals surface area contributed by atoms with E-state index >= 15 is 0 Å². The maximum atomic E-state index is 13.0. The molecule has 0 saturated carbocycles. The van der Waals surface area contributed by atoms with Gasteiger partial charge in [-0.25, -0.2) is 9.78 Å². The van der Waals surface area contributed by atoms with Crippen molar-refractivity contribution < 1.29 is 19.1 Å². The number of rotatable bonds is 4. The van der Waals surface area contributed by atoms with Crippen molar-refractivity contribution in [3.05, 3.63) is 52.1 Å². The van der Waals surface area contributed by atoms with Crippen LogP contribution in [0.4, 0.5) is 10.6 Å². The molecule has 0 radical (unpaired) electrons. The summed E-state index contributed by atoms with van der Waals surface area (Å²) in [5.41, 5.74) is 0.703. The van der Waals surface area contributed by atoms with Gasteiger partial charge in [0.15, 0.2) is 0 Å². The van der Waals surface area contributed by atoms with E-state index in [0.29, 0.717) is 21.4 Å². The average molecular weight is 437 g/mol. The quantitative estimate of drug-likeness (QED) is 0.766. The van der Waals surface area contributed by atoms with Crippen LogP contribution in [0.5, 0.6) is 5.75 Å². The molecule has 1 aliphatic heterocycles. The molecule has 1 unspecified atom stereocenters. The first kappa shape index (κ1) is 20.9. The molecule has 1 atom stereocenters. The number of ether oxygens (including phenoxy) is 1. The Hall–Kier alpha value is -2.84. The molecule has 8 nitrogen and oxygen atoms in total. The summed E-state index contributed by atoms with van der Waals surface area (Å²) < 4.78 is 5.32. The Labute approximate surface area is 177 Å². The minimum atomic E-state index is -0.745. The van der Waals surface area contributed by atoms with Crippen molar-refractivity contribution in [3.63, 3.8) is 0 Å². The predicted molar refractivity (Wildman–Crippen MR) is 108 cm³/mol. The molecule has 1 aromatic carbocycles. The molecule has 1 fully saturated rings. The van der Waals surface area contributed by atoms with Crippen molar-refractivity contribution in [2.45, 2.75) is 6.42 Å². The number of anilines is 1. The molecule has 29 heavy (non-hydrogen) atoms. The average Bonchev–Trinajstić information content (AvgIpc) is 2.83. The number of imide groups is 1. The lowest BCUT2D eigenvalue weighted by molar-refractivity contribution is -0.133. The van der Waals surface area contributed by atoms with Gasteiger partial charge in [-0.2, -0.15) is 0 Å². The molecule has 152 valence electrons. The number of nitrogens with one attached hydrogen (secondary N) is 2. The highest BCUT2D eigenvalue weighted by molar-refractivity contribution is 6.30. The number of halogens is 2. The number of carbonyl (C=O) groups excluding carboxylic acids is 3. The maximum absolute atomic E-state index is 13.0. The van der Waals surface area contributed by atoms with E-state index in [-0.39, 0.29) is 25.3 Å². The molecule has 1 aromatic heterocycles. The van der Waals surface area contributed by atoms with Crippen molar-refractivity contribution in [3.8, 4) is 5.75 Å². The molecule has 1 saturated heterocycles. The Bertz CT molecular complexity index is 936. The number of aromatic nitrogens is 1. The lowest BCUT2D eigenvalue weighted by atomic mass is 9.97. The topological polar surface area (TPSA) is 101 Å². The van der Waals surface area contributed by atoms with Crippen molar-refractivity contribution in [1.82, 2.24) is 15.2 Å².